The van der Waals surface area contributed by atoms with Gasteiger partial charge in [0.2, 0.25) is 0 Å². The van der Waals surface area contributed by atoms with E-state index in [-0.39, 0.29) is 6.04 Å². The molecule has 100 valence electrons. The molecule has 2 N–H and O–H groups in total. The average molecular weight is 276 g/mol. The zero-order valence-corrected chi connectivity index (χ0v) is 11.9. The molecule has 0 fully saturated rings. The standard InChI is InChI=1S/C16H18ClNO/c1-11-5-3-8-15(12(11)2)16(18)10-19-14-7-4-6-13(17)9-14/h3-9,16H,10,18H2,1-2H3. The Labute approximate surface area is 119 Å². The second kappa shape index (κ2) is 6.09. The fraction of sp³-hybridized carbons (Fsp3) is 0.250. The molecule has 0 aromatic heterocycles. The minimum absolute atomic E-state index is 0.140. The van der Waals surface area contributed by atoms with Crippen LogP contribution in [-0.4, -0.2) is 6.61 Å². The third-order valence-electron chi connectivity index (χ3n) is 3.27. The predicted octanol–water partition coefficient (Wildman–Crippen LogP) is 4.04. The van der Waals surface area contributed by atoms with Crippen LogP contribution in [0, 0.1) is 13.8 Å². The highest BCUT2D eigenvalue weighted by Crippen LogP contribution is 2.21. The second-order valence-corrected chi connectivity index (χ2v) is 5.10. The molecule has 0 radical (unpaired) electrons. The number of halogens is 1. The van der Waals surface area contributed by atoms with Gasteiger partial charge >= 0.3 is 0 Å². The molecule has 3 heteroatoms. The Morgan fingerprint density at radius 1 is 1.16 bits per heavy atom. The van der Waals surface area contributed by atoms with Gasteiger partial charge in [-0.25, -0.2) is 0 Å². The first-order valence-corrected chi connectivity index (χ1v) is 6.66. The van der Waals surface area contributed by atoms with Gasteiger partial charge < -0.3 is 10.5 Å². The minimum Gasteiger partial charge on any atom is -0.492 e. The van der Waals surface area contributed by atoms with Gasteiger partial charge in [-0.1, -0.05) is 35.9 Å². The minimum atomic E-state index is -0.140. The molecule has 2 nitrogen and oxygen atoms in total. The highest BCUT2D eigenvalue weighted by molar-refractivity contribution is 6.30. The van der Waals surface area contributed by atoms with Crippen molar-refractivity contribution in [3.05, 3.63) is 64.2 Å². The van der Waals surface area contributed by atoms with E-state index in [4.69, 9.17) is 22.1 Å². The number of ether oxygens (including phenoxy) is 1. The molecule has 0 saturated carbocycles. The van der Waals surface area contributed by atoms with E-state index in [1.807, 2.05) is 30.3 Å². The fourth-order valence-corrected chi connectivity index (χ4v) is 2.19. The Morgan fingerprint density at radius 2 is 1.89 bits per heavy atom. The Kier molecular flexibility index (Phi) is 4.46. The molecule has 0 spiro atoms. The van der Waals surface area contributed by atoms with E-state index in [0.717, 1.165) is 11.3 Å². The SMILES string of the molecule is Cc1cccc(C(N)COc2cccc(Cl)c2)c1C. The van der Waals surface area contributed by atoms with Crippen LogP contribution in [-0.2, 0) is 0 Å². The van der Waals surface area contributed by atoms with Crippen molar-refractivity contribution in [2.75, 3.05) is 6.61 Å². The maximum absolute atomic E-state index is 6.19. The number of aryl methyl sites for hydroxylation is 1. The van der Waals surface area contributed by atoms with Crippen LogP contribution < -0.4 is 10.5 Å². The number of benzene rings is 2. The van der Waals surface area contributed by atoms with Crippen LogP contribution in [0.2, 0.25) is 5.02 Å². The van der Waals surface area contributed by atoms with Crippen molar-refractivity contribution in [3.63, 3.8) is 0 Å². The van der Waals surface area contributed by atoms with Crippen molar-refractivity contribution in [3.8, 4) is 5.75 Å². The van der Waals surface area contributed by atoms with Crippen molar-refractivity contribution >= 4 is 11.6 Å². The largest absolute Gasteiger partial charge is 0.492 e. The smallest absolute Gasteiger partial charge is 0.120 e. The van der Waals surface area contributed by atoms with Gasteiger partial charge in [-0.15, -0.1) is 0 Å². The topological polar surface area (TPSA) is 35.2 Å². The highest BCUT2D eigenvalue weighted by Gasteiger charge is 2.10. The summed E-state index contributed by atoms with van der Waals surface area (Å²) in [7, 11) is 0. The monoisotopic (exact) mass is 275 g/mol. The molecule has 2 rings (SSSR count). The van der Waals surface area contributed by atoms with Crippen LogP contribution in [0.5, 0.6) is 5.75 Å². The third-order valence-corrected chi connectivity index (χ3v) is 3.51. The Bertz CT molecular complexity index is 568. The van der Waals surface area contributed by atoms with Crippen LogP contribution in [0.15, 0.2) is 42.5 Å². The van der Waals surface area contributed by atoms with Gasteiger partial charge in [0.05, 0.1) is 6.04 Å². The summed E-state index contributed by atoms with van der Waals surface area (Å²) in [6, 6.07) is 13.4. The van der Waals surface area contributed by atoms with Gasteiger partial charge in [0.15, 0.2) is 0 Å². The molecule has 2 aromatic carbocycles. The van der Waals surface area contributed by atoms with Gasteiger partial charge in [-0.2, -0.15) is 0 Å². The molecule has 0 heterocycles. The van der Waals surface area contributed by atoms with Gasteiger partial charge in [0, 0.05) is 5.02 Å². The lowest BCUT2D eigenvalue weighted by molar-refractivity contribution is 0.290. The van der Waals surface area contributed by atoms with E-state index in [1.54, 1.807) is 6.07 Å². The first-order valence-electron chi connectivity index (χ1n) is 6.28. The average Bonchev–Trinajstić information content (AvgIpc) is 2.39. The molecule has 0 aliphatic heterocycles. The molecular formula is C16H18ClNO. The summed E-state index contributed by atoms with van der Waals surface area (Å²) in [5, 5.41) is 0.665. The highest BCUT2D eigenvalue weighted by atomic mass is 35.5. The van der Waals surface area contributed by atoms with Crippen molar-refractivity contribution in [2.24, 2.45) is 5.73 Å². The van der Waals surface area contributed by atoms with E-state index in [9.17, 15) is 0 Å². The molecule has 1 atom stereocenters. The van der Waals surface area contributed by atoms with Crippen LogP contribution in [0.4, 0.5) is 0 Å². The summed E-state index contributed by atoms with van der Waals surface area (Å²) < 4.78 is 5.69. The lowest BCUT2D eigenvalue weighted by Crippen LogP contribution is -2.20. The van der Waals surface area contributed by atoms with E-state index >= 15 is 0 Å². The summed E-state index contributed by atoms with van der Waals surface area (Å²) in [4.78, 5) is 0. The third kappa shape index (κ3) is 3.49. The summed E-state index contributed by atoms with van der Waals surface area (Å²) in [5.41, 5.74) is 9.79. The van der Waals surface area contributed by atoms with Crippen LogP contribution >= 0.6 is 11.6 Å². The zero-order chi connectivity index (χ0) is 13.8. The van der Waals surface area contributed by atoms with Crippen LogP contribution in [0.3, 0.4) is 0 Å². The summed E-state index contributed by atoms with van der Waals surface area (Å²) in [6.07, 6.45) is 0. The van der Waals surface area contributed by atoms with Crippen molar-refractivity contribution in [1.29, 1.82) is 0 Å². The van der Waals surface area contributed by atoms with Gasteiger partial charge in [-0.3, -0.25) is 0 Å². The second-order valence-electron chi connectivity index (χ2n) is 4.66. The van der Waals surface area contributed by atoms with Crippen molar-refractivity contribution in [1.82, 2.24) is 0 Å². The molecule has 0 bridgehead atoms. The summed E-state index contributed by atoms with van der Waals surface area (Å²) in [6.45, 7) is 4.61. The predicted molar refractivity (Wildman–Crippen MR) is 79.8 cm³/mol. The normalized spacial score (nSPS) is 12.2. The molecule has 1 unspecified atom stereocenters. The lowest BCUT2D eigenvalue weighted by Gasteiger charge is -2.17. The van der Waals surface area contributed by atoms with E-state index in [1.165, 1.54) is 11.1 Å². The maximum atomic E-state index is 6.19. The van der Waals surface area contributed by atoms with Gasteiger partial charge in [-0.05, 0) is 48.7 Å². The van der Waals surface area contributed by atoms with Crippen molar-refractivity contribution in [2.45, 2.75) is 19.9 Å². The number of nitrogens with two attached hydrogens (primary N) is 1. The molecular weight excluding hydrogens is 258 g/mol. The van der Waals surface area contributed by atoms with Crippen molar-refractivity contribution < 1.29 is 4.74 Å². The number of hydrogen-bond acceptors (Lipinski definition) is 2. The van der Waals surface area contributed by atoms with E-state index < -0.39 is 0 Å². The first kappa shape index (κ1) is 13.9. The van der Waals surface area contributed by atoms with Crippen LogP contribution in [0.25, 0.3) is 0 Å². The number of hydrogen-bond donors (Lipinski definition) is 1. The molecule has 0 saturated heterocycles. The summed E-state index contributed by atoms with van der Waals surface area (Å²) >= 11 is 5.91. The Hall–Kier alpha value is -1.51. The quantitative estimate of drug-likeness (QED) is 0.914. The Morgan fingerprint density at radius 3 is 2.63 bits per heavy atom. The molecule has 19 heavy (non-hydrogen) atoms. The van der Waals surface area contributed by atoms with E-state index in [2.05, 4.69) is 19.9 Å². The molecule has 0 amide bonds. The molecule has 2 aromatic rings. The molecule has 0 aliphatic rings. The molecule has 0 aliphatic carbocycles. The lowest BCUT2D eigenvalue weighted by atomic mass is 9.98. The summed E-state index contributed by atoms with van der Waals surface area (Å²) in [5.74, 6) is 0.744. The number of rotatable bonds is 4. The maximum Gasteiger partial charge on any atom is 0.120 e. The van der Waals surface area contributed by atoms with Gasteiger partial charge in [0.1, 0.15) is 12.4 Å². The Balaban J connectivity index is 2.05. The first-order chi connectivity index (χ1) is 9.08. The van der Waals surface area contributed by atoms with Crippen LogP contribution in [0.1, 0.15) is 22.7 Å². The van der Waals surface area contributed by atoms with Gasteiger partial charge in [0.25, 0.3) is 0 Å². The van der Waals surface area contributed by atoms with E-state index in [0.29, 0.717) is 11.6 Å². The fourth-order valence-electron chi connectivity index (χ4n) is 2.01. The zero-order valence-electron chi connectivity index (χ0n) is 11.2.